The lowest BCUT2D eigenvalue weighted by Gasteiger charge is -2.10. The van der Waals surface area contributed by atoms with Crippen LogP contribution in [0.25, 0.3) is 0 Å². The fourth-order valence-corrected chi connectivity index (χ4v) is 3.91. The van der Waals surface area contributed by atoms with Gasteiger partial charge in [-0.15, -0.1) is 0 Å². The van der Waals surface area contributed by atoms with Crippen LogP contribution in [-0.4, -0.2) is 24.0 Å². The number of nitro groups is 2. The molecule has 0 saturated carbocycles. The number of anilines is 2. The lowest BCUT2D eigenvalue weighted by Crippen LogP contribution is -2.13. The lowest BCUT2D eigenvalue weighted by molar-refractivity contribution is -0.384. The van der Waals surface area contributed by atoms with E-state index in [-0.39, 0.29) is 22.0 Å². The van der Waals surface area contributed by atoms with Gasteiger partial charge in [-0.1, -0.05) is 23.7 Å². The molecule has 0 bridgehead atoms. The van der Waals surface area contributed by atoms with E-state index < -0.39 is 25.6 Å². The maximum Gasteiger partial charge on any atom is 0.295 e. The van der Waals surface area contributed by atoms with Crippen molar-refractivity contribution in [3.05, 3.63) is 97.5 Å². The Hall–Kier alpha value is -4.03. The second-order valence-corrected chi connectivity index (χ2v) is 8.78. The maximum absolute atomic E-state index is 12.6. The number of rotatable bonds is 8. The number of non-ortho nitro benzene ring substituents is 1. The zero-order chi connectivity index (χ0) is 24.2. The molecule has 13 heteroatoms. The van der Waals surface area contributed by atoms with Crippen LogP contribution in [0.15, 0.2) is 76.7 Å². The number of nitrogens with zero attached hydrogens (tertiary/aromatic N) is 3. The highest BCUT2D eigenvalue weighted by molar-refractivity contribution is 7.92. The van der Waals surface area contributed by atoms with E-state index in [0.717, 1.165) is 6.07 Å². The number of nitro benzene ring substituents is 2. The molecule has 0 aliphatic carbocycles. The van der Waals surface area contributed by atoms with Crippen molar-refractivity contribution in [3.63, 3.8) is 0 Å². The average molecular weight is 490 g/mol. The van der Waals surface area contributed by atoms with E-state index in [4.69, 9.17) is 11.6 Å². The van der Waals surface area contributed by atoms with Gasteiger partial charge in [0.15, 0.2) is 0 Å². The molecule has 3 rings (SSSR count). The van der Waals surface area contributed by atoms with Gasteiger partial charge in [-0.2, -0.15) is 5.10 Å². The standard InChI is InChI=1S/C20H16ClN5O6S/c1-13(14-3-2-4-17(11-14)25(27)28)22-23-19-10-9-18(12-20(19)26(29)30)33(31,32)24-16-7-5-15(21)6-8-16/h2-12,23-24H,1H3/b22-13+. The van der Waals surface area contributed by atoms with Gasteiger partial charge >= 0.3 is 0 Å². The summed E-state index contributed by atoms with van der Waals surface area (Å²) < 4.78 is 27.6. The monoisotopic (exact) mass is 489 g/mol. The average Bonchev–Trinajstić information content (AvgIpc) is 2.78. The Balaban J connectivity index is 1.87. The molecular formula is C20H16ClN5O6S. The molecule has 0 spiro atoms. The van der Waals surface area contributed by atoms with Gasteiger partial charge < -0.3 is 0 Å². The minimum absolute atomic E-state index is 0.0600. The van der Waals surface area contributed by atoms with Gasteiger partial charge in [-0.3, -0.25) is 30.4 Å². The zero-order valence-corrected chi connectivity index (χ0v) is 18.5. The van der Waals surface area contributed by atoms with Crippen molar-refractivity contribution in [2.75, 3.05) is 10.1 Å². The Labute approximate surface area is 193 Å². The Bertz CT molecular complexity index is 1360. The van der Waals surface area contributed by atoms with Gasteiger partial charge in [0.25, 0.3) is 21.4 Å². The van der Waals surface area contributed by atoms with Gasteiger partial charge in [0.1, 0.15) is 5.69 Å². The van der Waals surface area contributed by atoms with Crippen LogP contribution in [0, 0.1) is 20.2 Å². The fraction of sp³-hybridized carbons (Fsp3) is 0.0500. The first-order chi connectivity index (χ1) is 15.6. The number of hydrazone groups is 1. The molecular weight excluding hydrogens is 474 g/mol. The van der Waals surface area contributed by atoms with E-state index in [0.29, 0.717) is 16.3 Å². The molecule has 0 heterocycles. The highest BCUT2D eigenvalue weighted by atomic mass is 35.5. The van der Waals surface area contributed by atoms with Crippen molar-refractivity contribution >= 4 is 50.1 Å². The number of halogens is 1. The molecule has 0 aromatic heterocycles. The second-order valence-electron chi connectivity index (χ2n) is 6.66. The molecule has 0 aliphatic rings. The summed E-state index contributed by atoms with van der Waals surface area (Å²) in [6, 6.07) is 14.9. The summed E-state index contributed by atoms with van der Waals surface area (Å²) in [5.41, 5.74) is 2.81. The molecule has 0 unspecified atom stereocenters. The van der Waals surface area contributed by atoms with Gasteiger partial charge in [0.2, 0.25) is 0 Å². The van der Waals surface area contributed by atoms with Crippen LogP contribution in [0.3, 0.4) is 0 Å². The summed E-state index contributed by atoms with van der Waals surface area (Å²) in [6.07, 6.45) is 0. The lowest BCUT2D eigenvalue weighted by atomic mass is 10.1. The highest BCUT2D eigenvalue weighted by Crippen LogP contribution is 2.29. The van der Waals surface area contributed by atoms with Crippen LogP contribution >= 0.6 is 11.6 Å². The zero-order valence-electron chi connectivity index (χ0n) is 16.9. The Morgan fingerprint density at radius 3 is 2.30 bits per heavy atom. The van der Waals surface area contributed by atoms with Crippen molar-refractivity contribution in [1.82, 2.24) is 0 Å². The predicted octanol–water partition coefficient (Wildman–Crippen LogP) is 4.79. The Kier molecular flexibility index (Phi) is 6.89. The van der Waals surface area contributed by atoms with E-state index in [2.05, 4.69) is 15.2 Å². The topological polar surface area (TPSA) is 157 Å². The summed E-state index contributed by atoms with van der Waals surface area (Å²) in [5, 5.41) is 26.9. The summed E-state index contributed by atoms with van der Waals surface area (Å²) in [7, 11) is -4.11. The van der Waals surface area contributed by atoms with Gasteiger partial charge in [0.05, 0.1) is 20.5 Å². The molecule has 0 atom stereocenters. The van der Waals surface area contributed by atoms with Crippen LogP contribution < -0.4 is 10.1 Å². The summed E-state index contributed by atoms with van der Waals surface area (Å²) in [6.45, 7) is 1.56. The van der Waals surface area contributed by atoms with Crippen molar-refractivity contribution in [2.45, 2.75) is 11.8 Å². The number of hydrogen-bond donors (Lipinski definition) is 2. The van der Waals surface area contributed by atoms with Gasteiger partial charge in [-0.05, 0) is 43.3 Å². The molecule has 0 fully saturated rings. The van der Waals surface area contributed by atoms with Crippen LogP contribution in [-0.2, 0) is 10.0 Å². The molecule has 3 aromatic carbocycles. The van der Waals surface area contributed by atoms with Crippen LogP contribution in [0.4, 0.5) is 22.7 Å². The van der Waals surface area contributed by atoms with E-state index in [9.17, 15) is 28.6 Å². The third-order valence-electron chi connectivity index (χ3n) is 4.39. The number of sulfonamides is 1. The Morgan fingerprint density at radius 1 is 0.970 bits per heavy atom. The van der Waals surface area contributed by atoms with Crippen molar-refractivity contribution in [2.24, 2.45) is 5.10 Å². The number of hydrogen-bond acceptors (Lipinski definition) is 8. The summed E-state index contributed by atoms with van der Waals surface area (Å²) >= 11 is 5.79. The fourth-order valence-electron chi connectivity index (χ4n) is 2.71. The number of nitrogens with one attached hydrogen (secondary N) is 2. The molecule has 0 saturated heterocycles. The predicted molar refractivity (Wildman–Crippen MR) is 124 cm³/mol. The largest absolute Gasteiger partial charge is 0.295 e. The quantitative estimate of drug-likeness (QED) is 0.261. The van der Waals surface area contributed by atoms with E-state index >= 15 is 0 Å². The smallest absolute Gasteiger partial charge is 0.280 e. The number of benzene rings is 3. The van der Waals surface area contributed by atoms with Crippen molar-refractivity contribution in [3.8, 4) is 0 Å². The molecule has 2 N–H and O–H groups in total. The Morgan fingerprint density at radius 2 is 1.67 bits per heavy atom. The molecule has 3 aromatic rings. The maximum atomic E-state index is 12.6. The van der Waals surface area contributed by atoms with E-state index in [1.807, 2.05) is 0 Å². The van der Waals surface area contributed by atoms with Crippen LogP contribution in [0.2, 0.25) is 5.02 Å². The minimum Gasteiger partial charge on any atom is -0.280 e. The van der Waals surface area contributed by atoms with Gasteiger partial charge in [0, 0.05) is 34.5 Å². The first-order valence-electron chi connectivity index (χ1n) is 9.19. The van der Waals surface area contributed by atoms with Crippen LogP contribution in [0.5, 0.6) is 0 Å². The van der Waals surface area contributed by atoms with E-state index in [1.54, 1.807) is 13.0 Å². The third-order valence-corrected chi connectivity index (χ3v) is 6.02. The summed E-state index contributed by atoms with van der Waals surface area (Å²) in [4.78, 5) is 20.9. The molecule has 0 radical (unpaired) electrons. The minimum atomic E-state index is -4.11. The van der Waals surface area contributed by atoms with E-state index in [1.165, 1.54) is 54.6 Å². The molecule has 0 amide bonds. The second kappa shape index (κ2) is 9.63. The molecule has 0 aliphatic heterocycles. The van der Waals surface area contributed by atoms with Gasteiger partial charge in [-0.25, -0.2) is 8.42 Å². The first-order valence-corrected chi connectivity index (χ1v) is 11.0. The van der Waals surface area contributed by atoms with Crippen LogP contribution in [0.1, 0.15) is 12.5 Å². The molecule has 33 heavy (non-hydrogen) atoms. The normalized spacial score (nSPS) is 11.6. The third kappa shape index (κ3) is 5.81. The molecule has 170 valence electrons. The van der Waals surface area contributed by atoms with Crippen molar-refractivity contribution in [1.29, 1.82) is 0 Å². The summed E-state index contributed by atoms with van der Waals surface area (Å²) in [5.74, 6) is 0. The highest BCUT2D eigenvalue weighted by Gasteiger charge is 2.22. The van der Waals surface area contributed by atoms with Crippen molar-refractivity contribution < 1.29 is 18.3 Å². The molecule has 11 nitrogen and oxygen atoms in total. The first kappa shape index (κ1) is 23.6. The SMILES string of the molecule is C/C(=N\Nc1ccc(S(=O)(=O)Nc2ccc(Cl)cc2)cc1[N+](=O)[O-])c1cccc([N+](=O)[O-])c1.